The number of rotatable bonds is 3. The van der Waals surface area contributed by atoms with Gasteiger partial charge in [-0.05, 0) is 31.0 Å². The van der Waals surface area contributed by atoms with Crippen molar-refractivity contribution in [3.8, 4) is 0 Å². The number of aliphatic hydroxyl groups excluding tert-OH is 1. The average molecular weight is 338 g/mol. The summed E-state index contributed by atoms with van der Waals surface area (Å²) in [6.07, 6.45) is 2.46. The SMILES string of the molecule is CN([C@H]1CCCC[C@H]1O)S(=O)(=O)c1cc(Cl)ccc1Cl. The smallest absolute Gasteiger partial charge is 0.244 e. The van der Waals surface area contributed by atoms with Gasteiger partial charge in [-0.1, -0.05) is 36.0 Å². The van der Waals surface area contributed by atoms with Gasteiger partial charge >= 0.3 is 0 Å². The predicted octanol–water partition coefficient (Wildman–Crippen LogP) is 2.92. The van der Waals surface area contributed by atoms with E-state index >= 15 is 0 Å². The summed E-state index contributed by atoms with van der Waals surface area (Å²) in [4.78, 5) is -0.0214. The lowest BCUT2D eigenvalue weighted by atomic mass is 9.93. The second kappa shape index (κ2) is 6.20. The van der Waals surface area contributed by atoms with Crippen LogP contribution >= 0.6 is 23.2 Å². The highest BCUT2D eigenvalue weighted by atomic mass is 35.5. The van der Waals surface area contributed by atoms with Crippen molar-refractivity contribution in [2.45, 2.75) is 42.7 Å². The maximum absolute atomic E-state index is 12.6. The first kappa shape index (κ1) is 16.0. The van der Waals surface area contributed by atoms with Crippen molar-refractivity contribution < 1.29 is 13.5 Å². The molecule has 0 spiro atoms. The third kappa shape index (κ3) is 3.12. The minimum absolute atomic E-state index is 0.0214. The fraction of sp³-hybridized carbons (Fsp3) is 0.538. The minimum Gasteiger partial charge on any atom is -0.391 e. The summed E-state index contributed by atoms with van der Waals surface area (Å²) >= 11 is 11.8. The van der Waals surface area contributed by atoms with E-state index in [-0.39, 0.29) is 9.92 Å². The number of likely N-dealkylation sites (N-methyl/N-ethyl adjacent to an activating group) is 1. The Kier molecular flexibility index (Phi) is 4.97. The molecule has 0 unspecified atom stereocenters. The molecule has 1 fully saturated rings. The monoisotopic (exact) mass is 337 g/mol. The number of halogens is 2. The summed E-state index contributed by atoms with van der Waals surface area (Å²) in [5.41, 5.74) is 0. The van der Waals surface area contributed by atoms with Crippen LogP contribution in [0.3, 0.4) is 0 Å². The van der Waals surface area contributed by atoms with Gasteiger partial charge in [0, 0.05) is 12.1 Å². The molecule has 0 radical (unpaired) electrons. The Morgan fingerprint density at radius 3 is 2.55 bits per heavy atom. The molecule has 20 heavy (non-hydrogen) atoms. The zero-order valence-electron chi connectivity index (χ0n) is 11.1. The minimum atomic E-state index is -3.77. The van der Waals surface area contributed by atoms with E-state index in [4.69, 9.17) is 23.2 Å². The van der Waals surface area contributed by atoms with Crippen LogP contribution in [0.2, 0.25) is 10.0 Å². The van der Waals surface area contributed by atoms with E-state index < -0.39 is 22.2 Å². The molecule has 1 aliphatic rings. The standard InChI is InChI=1S/C13H17Cl2NO3S/c1-16(11-4-2-3-5-12(11)17)20(18,19)13-8-9(14)6-7-10(13)15/h6-8,11-12,17H,2-5H2,1H3/t11-,12+/m0/s1. The van der Waals surface area contributed by atoms with E-state index in [1.807, 2.05) is 0 Å². The zero-order valence-corrected chi connectivity index (χ0v) is 13.4. The van der Waals surface area contributed by atoms with Gasteiger partial charge in [0.25, 0.3) is 0 Å². The molecule has 2 rings (SSSR count). The highest BCUT2D eigenvalue weighted by Crippen LogP contribution is 2.31. The van der Waals surface area contributed by atoms with Gasteiger partial charge in [-0.15, -0.1) is 0 Å². The van der Waals surface area contributed by atoms with E-state index in [1.54, 1.807) is 6.07 Å². The first-order valence-electron chi connectivity index (χ1n) is 6.45. The van der Waals surface area contributed by atoms with Gasteiger partial charge in [0.1, 0.15) is 4.90 Å². The van der Waals surface area contributed by atoms with E-state index in [2.05, 4.69) is 0 Å². The van der Waals surface area contributed by atoms with Gasteiger partial charge in [0.05, 0.1) is 17.2 Å². The highest BCUT2D eigenvalue weighted by Gasteiger charge is 2.35. The van der Waals surface area contributed by atoms with Crippen molar-refractivity contribution in [1.82, 2.24) is 4.31 Å². The summed E-state index contributed by atoms with van der Waals surface area (Å²) in [5.74, 6) is 0. The van der Waals surface area contributed by atoms with Crippen LogP contribution in [0.25, 0.3) is 0 Å². The molecule has 1 aromatic rings. The van der Waals surface area contributed by atoms with E-state index in [1.165, 1.54) is 23.5 Å². The maximum Gasteiger partial charge on any atom is 0.244 e. The lowest BCUT2D eigenvalue weighted by Crippen LogP contribution is -2.46. The van der Waals surface area contributed by atoms with Gasteiger partial charge in [-0.3, -0.25) is 0 Å². The van der Waals surface area contributed by atoms with Crippen molar-refractivity contribution in [1.29, 1.82) is 0 Å². The molecule has 7 heteroatoms. The second-order valence-electron chi connectivity index (χ2n) is 5.02. The Balaban J connectivity index is 2.36. The molecule has 0 amide bonds. The molecule has 0 heterocycles. The summed E-state index contributed by atoms with van der Waals surface area (Å²) in [6.45, 7) is 0. The van der Waals surface area contributed by atoms with Crippen molar-refractivity contribution in [2.24, 2.45) is 0 Å². The predicted molar refractivity (Wildman–Crippen MR) is 79.7 cm³/mol. The largest absolute Gasteiger partial charge is 0.391 e. The average Bonchev–Trinajstić information content (AvgIpc) is 2.41. The lowest BCUT2D eigenvalue weighted by molar-refractivity contribution is 0.0638. The molecule has 1 aromatic carbocycles. The molecule has 0 saturated heterocycles. The van der Waals surface area contributed by atoms with Crippen LogP contribution in [-0.4, -0.2) is 37.0 Å². The van der Waals surface area contributed by atoms with Crippen LogP contribution in [-0.2, 0) is 10.0 Å². The maximum atomic E-state index is 12.6. The van der Waals surface area contributed by atoms with E-state index in [9.17, 15) is 13.5 Å². The molecule has 112 valence electrons. The van der Waals surface area contributed by atoms with E-state index in [0.717, 1.165) is 12.8 Å². The molecule has 1 saturated carbocycles. The Bertz CT molecular complexity index is 591. The summed E-state index contributed by atoms with van der Waals surface area (Å²) in [6, 6.07) is 3.93. The topological polar surface area (TPSA) is 57.6 Å². The third-order valence-electron chi connectivity index (χ3n) is 3.71. The van der Waals surface area contributed by atoms with Crippen molar-refractivity contribution >= 4 is 33.2 Å². The molecule has 0 aromatic heterocycles. The number of hydrogen-bond acceptors (Lipinski definition) is 3. The number of sulfonamides is 1. The highest BCUT2D eigenvalue weighted by molar-refractivity contribution is 7.89. The fourth-order valence-corrected chi connectivity index (χ4v) is 4.67. The Morgan fingerprint density at radius 2 is 1.90 bits per heavy atom. The summed E-state index contributed by atoms with van der Waals surface area (Å²) in [5, 5.41) is 10.5. The summed E-state index contributed by atoms with van der Waals surface area (Å²) < 4.78 is 26.5. The molecule has 1 N–H and O–H groups in total. The van der Waals surface area contributed by atoms with Gasteiger partial charge in [-0.25, -0.2) is 8.42 Å². The van der Waals surface area contributed by atoms with Crippen LogP contribution in [0, 0.1) is 0 Å². The van der Waals surface area contributed by atoms with E-state index in [0.29, 0.717) is 17.9 Å². The van der Waals surface area contributed by atoms with Crippen LogP contribution in [0.5, 0.6) is 0 Å². The third-order valence-corrected chi connectivity index (χ3v) is 6.31. The summed E-state index contributed by atoms with van der Waals surface area (Å²) in [7, 11) is -2.29. The first-order chi connectivity index (χ1) is 9.34. The Morgan fingerprint density at radius 1 is 1.25 bits per heavy atom. The molecule has 0 bridgehead atoms. The molecular formula is C13H17Cl2NO3S. The molecule has 2 atom stereocenters. The first-order valence-corrected chi connectivity index (χ1v) is 8.65. The fourth-order valence-electron chi connectivity index (χ4n) is 2.52. The quantitative estimate of drug-likeness (QED) is 0.922. The second-order valence-corrected chi connectivity index (χ2v) is 7.82. The zero-order chi connectivity index (χ0) is 14.9. The number of aliphatic hydroxyl groups is 1. The molecule has 0 aliphatic heterocycles. The van der Waals surface area contributed by atoms with Crippen LogP contribution in [0.1, 0.15) is 25.7 Å². The number of benzene rings is 1. The Labute approximate surface area is 129 Å². The van der Waals surface area contributed by atoms with Crippen LogP contribution in [0.4, 0.5) is 0 Å². The normalized spacial score (nSPS) is 24.1. The van der Waals surface area contributed by atoms with Crippen LogP contribution in [0.15, 0.2) is 23.1 Å². The van der Waals surface area contributed by atoms with Gasteiger partial charge in [-0.2, -0.15) is 4.31 Å². The van der Waals surface area contributed by atoms with Gasteiger partial charge < -0.3 is 5.11 Å². The van der Waals surface area contributed by atoms with Gasteiger partial charge in [0.2, 0.25) is 10.0 Å². The lowest BCUT2D eigenvalue weighted by Gasteiger charge is -2.34. The molecular weight excluding hydrogens is 321 g/mol. The number of nitrogens with zero attached hydrogens (tertiary/aromatic N) is 1. The van der Waals surface area contributed by atoms with Crippen molar-refractivity contribution in [2.75, 3.05) is 7.05 Å². The van der Waals surface area contributed by atoms with Crippen molar-refractivity contribution in [3.63, 3.8) is 0 Å². The number of hydrogen-bond donors (Lipinski definition) is 1. The van der Waals surface area contributed by atoms with Crippen LogP contribution < -0.4 is 0 Å². The molecule has 1 aliphatic carbocycles. The van der Waals surface area contributed by atoms with Crippen molar-refractivity contribution in [3.05, 3.63) is 28.2 Å². The van der Waals surface area contributed by atoms with Gasteiger partial charge in [0.15, 0.2) is 0 Å². The Hall–Kier alpha value is -0.330. The molecule has 4 nitrogen and oxygen atoms in total.